The third kappa shape index (κ3) is 7.61. The van der Waals surface area contributed by atoms with Crippen LogP contribution in [0.2, 0.25) is 0 Å². The van der Waals surface area contributed by atoms with Crippen molar-refractivity contribution in [2.45, 2.75) is 19.3 Å². The molecule has 7 heteroatoms. The molecule has 1 aromatic rings. The SMILES string of the molecule is CN=C(NCCc1ccc(Br)s1)N(C)CCOCC1CC1.I. The van der Waals surface area contributed by atoms with Crippen LogP contribution in [0.5, 0.6) is 0 Å². The molecule has 22 heavy (non-hydrogen) atoms. The Morgan fingerprint density at radius 3 is 2.86 bits per heavy atom. The number of ether oxygens (including phenoxy) is 1. The lowest BCUT2D eigenvalue weighted by atomic mass is 10.3. The lowest BCUT2D eigenvalue weighted by Crippen LogP contribution is -2.41. The van der Waals surface area contributed by atoms with Crippen molar-refractivity contribution >= 4 is 57.2 Å². The molecule has 1 saturated carbocycles. The van der Waals surface area contributed by atoms with Gasteiger partial charge < -0.3 is 15.0 Å². The maximum Gasteiger partial charge on any atom is 0.193 e. The zero-order valence-electron chi connectivity index (χ0n) is 13.2. The second-order valence-electron chi connectivity index (χ2n) is 5.37. The second kappa shape index (κ2) is 10.8. The Morgan fingerprint density at radius 2 is 2.27 bits per heavy atom. The molecule has 1 aliphatic carbocycles. The van der Waals surface area contributed by atoms with Crippen LogP contribution in [0.4, 0.5) is 0 Å². The zero-order valence-corrected chi connectivity index (χ0v) is 17.9. The van der Waals surface area contributed by atoms with Crippen molar-refractivity contribution < 1.29 is 4.74 Å². The number of thiophene rings is 1. The molecule has 1 aliphatic rings. The molecule has 1 N–H and O–H groups in total. The monoisotopic (exact) mass is 501 g/mol. The summed E-state index contributed by atoms with van der Waals surface area (Å²) in [6.45, 7) is 3.46. The lowest BCUT2D eigenvalue weighted by Gasteiger charge is -2.21. The van der Waals surface area contributed by atoms with Gasteiger partial charge in [0.15, 0.2) is 5.96 Å². The van der Waals surface area contributed by atoms with Gasteiger partial charge in [-0.1, -0.05) is 0 Å². The molecule has 1 fully saturated rings. The number of aliphatic imine (C=N–C) groups is 1. The minimum Gasteiger partial charge on any atom is -0.379 e. The normalized spacial score (nSPS) is 14.6. The van der Waals surface area contributed by atoms with Gasteiger partial charge in [0, 0.05) is 38.7 Å². The van der Waals surface area contributed by atoms with Crippen molar-refractivity contribution in [3.05, 3.63) is 20.8 Å². The number of guanidine groups is 1. The summed E-state index contributed by atoms with van der Waals surface area (Å²) in [5.74, 6) is 1.76. The van der Waals surface area contributed by atoms with Gasteiger partial charge in [-0.25, -0.2) is 0 Å². The van der Waals surface area contributed by atoms with Crippen molar-refractivity contribution in [1.82, 2.24) is 10.2 Å². The fourth-order valence-electron chi connectivity index (χ4n) is 2.01. The van der Waals surface area contributed by atoms with Crippen LogP contribution in [0.1, 0.15) is 17.7 Å². The van der Waals surface area contributed by atoms with Crippen LogP contribution in [0.25, 0.3) is 0 Å². The molecule has 0 aliphatic heterocycles. The predicted molar refractivity (Wildman–Crippen MR) is 109 cm³/mol. The van der Waals surface area contributed by atoms with E-state index in [2.05, 4.69) is 50.3 Å². The van der Waals surface area contributed by atoms with Gasteiger partial charge in [-0.05, 0) is 53.2 Å². The molecule has 1 heterocycles. The van der Waals surface area contributed by atoms with E-state index in [1.165, 1.54) is 21.5 Å². The predicted octanol–water partition coefficient (Wildman–Crippen LogP) is 3.60. The van der Waals surface area contributed by atoms with Crippen LogP contribution in [0, 0.1) is 5.92 Å². The van der Waals surface area contributed by atoms with Crippen molar-refractivity contribution in [3.63, 3.8) is 0 Å². The van der Waals surface area contributed by atoms with Crippen LogP contribution in [-0.4, -0.2) is 51.3 Å². The standard InChI is InChI=1S/C15H24BrN3OS.HI/c1-17-15(18-8-7-13-5-6-14(16)21-13)19(2)9-10-20-11-12-3-4-12;/h5-6,12H,3-4,7-11H2,1-2H3,(H,17,18);1H. The molecular weight excluding hydrogens is 477 g/mol. The molecule has 0 saturated heterocycles. The molecule has 2 rings (SSSR count). The van der Waals surface area contributed by atoms with Gasteiger partial charge in [-0.2, -0.15) is 0 Å². The maximum atomic E-state index is 5.67. The van der Waals surface area contributed by atoms with E-state index in [0.717, 1.165) is 44.6 Å². The molecule has 0 atom stereocenters. The summed E-state index contributed by atoms with van der Waals surface area (Å²) in [5.41, 5.74) is 0. The number of halogens is 2. The van der Waals surface area contributed by atoms with Crippen molar-refractivity contribution in [1.29, 1.82) is 0 Å². The fraction of sp³-hybridized carbons (Fsp3) is 0.667. The summed E-state index contributed by atoms with van der Waals surface area (Å²) < 4.78 is 6.86. The second-order valence-corrected chi connectivity index (χ2v) is 7.92. The zero-order chi connectivity index (χ0) is 15.1. The first-order chi connectivity index (χ1) is 10.2. The topological polar surface area (TPSA) is 36.9 Å². The highest BCUT2D eigenvalue weighted by Crippen LogP contribution is 2.28. The van der Waals surface area contributed by atoms with Crippen molar-refractivity contribution in [2.24, 2.45) is 10.9 Å². The van der Waals surface area contributed by atoms with E-state index in [0.29, 0.717) is 0 Å². The van der Waals surface area contributed by atoms with E-state index in [1.807, 2.05) is 7.05 Å². The van der Waals surface area contributed by atoms with E-state index in [-0.39, 0.29) is 24.0 Å². The minimum atomic E-state index is 0. The molecule has 4 nitrogen and oxygen atoms in total. The molecular formula is C15H25BrIN3OS. The average Bonchev–Trinajstić information content (AvgIpc) is 3.21. The van der Waals surface area contributed by atoms with Gasteiger partial charge in [-0.3, -0.25) is 4.99 Å². The number of hydrogen-bond donors (Lipinski definition) is 1. The summed E-state index contributed by atoms with van der Waals surface area (Å²) >= 11 is 5.28. The first-order valence-electron chi connectivity index (χ1n) is 7.42. The molecule has 0 aromatic carbocycles. The quantitative estimate of drug-likeness (QED) is 0.256. The number of likely N-dealkylation sites (N-methyl/N-ethyl adjacent to an activating group) is 1. The van der Waals surface area contributed by atoms with Crippen LogP contribution in [0.15, 0.2) is 20.9 Å². The average molecular weight is 502 g/mol. The largest absolute Gasteiger partial charge is 0.379 e. The summed E-state index contributed by atoms with van der Waals surface area (Å²) in [4.78, 5) is 7.82. The number of nitrogens with one attached hydrogen (secondary N) is 1. The molecule has 0 bridgehead atoms. The van der Waals surface area contributed by atoms with Gasteiger partial charge >= 0.3 is 0 Å². The third-order valence-electron chi connectivity index (χ3n) is 3.48. The Labute approximate surface area is 162 Å². The van der Waals surface area contributed by atoms with E-state index in [4.69, 9.17) is 4.74 Å². The van der Waals surface area contributed by atoms with E-state index >= 15 is 0 Å². The Kier molecular flexibility index (Phi) is 9.94. The number of nitrogens with zero attached hydrogens (tertiary/aromatic N) is 2. The molecule has 0 radical (unpaired) electrons. The molecule has 0 amide bonds. The third-order valence-corrected chi connectivity index (χ3v) is 5.16. The maximum absolute atomic E-state index is 5.67. The molecule has 126 valence electrons. The lowest BCUT2D eigenvalue weighted by molar-refractivity contribution is 0.115. The Balaban J connectivity index is 0.00000242. The Bertz CT molecular complexity index is 465. The summed E-state index contributed by atoms with van der Waals surface area (Å²) in [7, 11) is 3.88. The highest BCUT2D eigenvalue weighted by Gasteiger charge is 2.21. The first kappa shape index (κ1) is 20.2. The fourth-order valence-corrected chi connectivity index (χ4v) is 3.49. The van der Waals surface area contributed by atoms with Crippen molar-refractivity contribution in [3.8, 4) is 0 Å². The minimum absolute atomic E-state index is 0. The van der Waals surface area contributed by atoms with Gasteiger partial charge in [0.25, 0.3) is 0 Å². The van der Waals surface area contributed by atoms with E-state index in [1.54, 1.807) is 11.3 Å². The van der Waals surface area contributed by atoms with Gasteiger partial charge in [0.05, 0.1) is 10.4 Å². The highest BCUT2D eigenvalue weighted by molar-refractivity contribution is 14.0. The van der Waals surface area contributed by atoms with E-state index < -0.39 is 0 Å². The van der Waals surface area contributed by atoms with Gasteiger partial charge in [0.1, 0.15) is 0 Å². The van der Waals surface area contributed by atoms with Gasteiger partial charge in [-0.15, -0.1) is 35.3 Å². The highest BCUT2D eigenvalue weighted by atomic mass is 127. The van der Waals surface area contributed by atoms with Crippen LogP contribution >= 0.6 is 51.2 Å². The molecule has 0 spiro atoms. The summed E-state index contributed by atoms with van der Waals surface area (Å²) in [6.07, 6.45) is 3.71. The van der Waals surface area contributed by atoms with Gasteiger partial charge in [0.2, 0.25) is 0 Å². The summed E-state index contributed by atoms with van der Waals surface area (Å²) in [6, 6.07) is 4.26. The number of hydrogen-bond acceptors (Lipinski definition) is 3. The summed E-state index contributed by atoms with van der Waals surface area (Å²) in [5, 5.41) is 3.40. The van der Waals surface area contributed by atoms with Crippen molar-refractivity contribution in [2.75, 3.05) is 40.4 Å². The Hall–Kier alpha value is 0.140. The van der Waals surface area contributed by atoms with Crippen LogP contribution in [-0.2, 0) is 11.2 Å². The van der Waals surface area contributed by atoms with E-state index in [9.17, 15) is 0 Å². The molecule has 1 aromatic heterocycles. The number of rotatable bonds is 8. The van der Waals surface area contributed by atoms with Crippen LogP contribution < -0.4 is 5.32 Å². The smallest absolute Gasteiger partial charge is 0.193 e. The van der Waals surface area contributed by atoms with Crippen LogP contribution in [0.3, 0.4) is 0 Å². The Morgan fingerprint density at radius 1 is 1.50 bits per heavy atom. The molecule has 0 unspecified atom stereocenters. The first-order valence-corrected chi connectivity index (χ1v) is 9.03.